The number of rotatable bonds is 5. The monoisotopic (exact) mass is 554 g/mol. The smallest absolute Gasteiger partial charge is 0.348 e. The molecule has 3 aromatic rings. The van der Waals surface area contributed by atoms with E-state index < -0.39 is 29.5 Å². The highest BCUT2D eigenvalue weighted by atomic mass is 19.4. The predicted molar refractivity (Wildman–Crippen MR) is 139 cm³/mol. The molecule has 1 atom stereocenters. The zero-order chi connectivity index (χ0) is 28.6. The van der Waals surface area contributed by atoms with Crippen molar-refractivity contribution in [2.75, 3.05) is 30.0 Å². The quantitative estimate of drug-likeness (QED) is 0.471. The molecule has 2 aliphatic rings. The van der Waals surface area contributed by atoms with E-state index in [0.717, 1.165) is 31.0 Å². The van der Waals surface area contributed by atoms with Crippen LogP contribution in [-0.2, 0) is 19.1 Å². The molecule has 0 unspecified atom stereocenters. The number of halogens is 4. The highest BCUT2D eigenvalue weighted by Crippen LogP contribution is 2.30. The normalized spacial score (nSPS) is 15.9. The van der Waals surface area contributed by atoms with Crippen LogP contribution in [0.25, 0.3) is 0 Å². The number of nitriles is 1. The summed E-state index contributed by atoms with van der Waals surface area (Å²) in [5.74, 6) is -1.12. The van der Waals surface area contributed by atoms with Gasteiger partial charge in [0.05, 0.1) is 46.6 Å². The number of aromatic nitrogens is 2. The molecule has 0 bridgehead atoms. The Balaban J connectivity index is 1.45. The number of nitrogens with one attached hydrogen (secondary N) is 1. The van der Waals surface area contributed by atoms with Crippen LogP contribution in [0, 0.1) is 17.1 Å². The van der Waals surface area contributed by atoms with Crippen LogP contribution < -0.4 is 15.9 Å². The van der Waals surface area contributed by atoms with Gasteiger partial charge in [-0.05, 0) is 55.7 Å². The molecule has 1 amide bonds. The van der Waals surface area contributed by atoms with Gasteiger partial charge in [-0.3, -0.25) is 9.59 Å². The molecular weight excluding hydrogens is 528 g/mol. The SMILES string of the molecule is C[C@@H](Nc1nc2c(c(=O)n1N1CCCC1)CN(C(=O)c1ccc(C#N)cc1F)CC2)c1ccc(C(F)(F)F)cc1. The standard InChI is InChI=1S/C28H26F4N6O2/c1-17(19-5-7-20(8-6-19)28(30,31)32)34-27-35-24-10-13-36(25(39)21-9-4-18(15-33)14-23(21)29)16-22(24)26(40)38(27)37-11-2-3-12-37/h4-9,14,17H,2-3,10-13,16H2,1H3,(H,34,35)/t17-/m1/s1. The highest BCUT2D eigenvalue weighted by Gasteiger charge is 2.32. The molecule has 1 saturated heterocycles. The number of hydrogen-bond donors (Lipinski definition) is 1. The van der Waals surface area contributed by atoms with Crippen LogP contribution in [0.15, 0.2) is 47.3 Å². The molecule has 12 heteroatoms. The second-order valence-electron chi connectivity index (χ2n) is 9.91. The third-order valence-corrected chi connectivity index (χ3v) is 7.27. The summed E-state index contributed by atoms with van der Waals surface area (Å²) in [4.78, 5) is 33.1. The van der Waals surface area contributed by atoms with E-state index >= 15 is 0 Å². The largest absolute Gasteiger partial charge is 0.416 e. The maximum Gasteiger partial charge on any atom is 0.416 e. The summed E-state index contributed by atoms with van der Waals surface area (Å²) in [5, 5.41) is 14.0. The molecule has 2 aromatic carbocycles. The molecule has 40 heavy (non-hydrogen) atoms. The van der Waals surface area contributed by atoms with Crippen molar-refractivity contribution >= 4 is 11.9 Å². The van der Waals surface area contributed by atoms with Crippen molar-refractivity contribution < 1.29 is 22.4 Å². The van der Waals surface area contributed by atoms with Crippen LogP contribution >= 0.6 is 0 Å². The molecule has 0 radical (unpaired) electrons. The molecule has 1 N–H and O–H groups in total. The zero-order valence-electron chi connectivity index (χ0n) is 21.6. The van der Waals surface area contributed by atoms with E-state index in [1.807, 2.05) is 11.1 Å². The van der Waals surface area contributed by atoms with Gasteiger partial charge in [0.2, 0.25) is 5.95 Å². The van der Waals surface area contributed by atoms with Crippen molar-refractivity contribution in [1.82, 2.24) is 14.6 Å². The maximum absolute atomic E-state index is 14.5. The molecule has 1 fully saturated rings. The first kappa shape index (κ1) is 27.2. The molecule has 5 rings (SSSR count). The van der Waals surface area contributed by atoms with E-state index in [1.54, 1.807) is 6.92 Å². The first-order chi connectivity index (χ1) is 19.1. The first-order valence-corrected chi connectivity index (χ1v) is 12.9. The summed E-state index contributed by atoms with van der Waals surface area (Å²) in [6.07, 6.45) is -2.43. The van der Waals surface area contributed by atoms with Crippen molar-refractivity contribution in [3.05, 3.63) is 92.1 Å². The second kappa shape index (κ2) is 10.6. The van der Waals surface area contributed by atoms with Gasteiger partial charge in [-0.15, -0.1) is 0 Å². The third kappa shape index (κ3) is 5.23. The van der Waals surface area contributed by atoms with Gasteiger partial charge in [0.1, 0.15) is 5.82 Å². The van der Waals surface area contributed by atoms with Crippen molar-refractivity contribution in [2.24, 2.45) is 0 Å². The molecule has 8 nitrogen and oxygen atoms in total. The number of benzene rings is 2. The van der Waals surface area contributed by atoms with Gasteiger partial charge in [0.15, 0.2) is 0 Å². The fourth-order valence-electron chi connectivity index (χ4n) is 5.06. The number of fused-ring (bicyclic) bond motifs is 1. The minimum absolute atomic E-state index is 0.0536. The van der Waals surface area contributed by atoms with E-state index in [1.165, 1.54) is 33.8 Å². The Labute approximate surface area is 227 Å². The fraction of sp³-hybridized carbons (Fsp3) is 0.357. The summed E-state index contributed by atoms with van der Waals surface area (Å²) < 4.78 is 55.0. The number of anilines is 1. The van der Waals surface area contributed by atoms with Crippen molar-refractivity contribution in [3.63, 3.8) is 0 Å². The molecule has 0 saturated carbocycles. The Hall–Kier alpha value is -4.40. The number of amides is 1. The fourth-order valence-corrected chi connectivity index (χ4v) is 5.06. The average Bonchev–Trinajstić information content (AvgIpc) is 3.46. The second-order valence-corrected chi connectivity index (χ2v) is 9.91. The average molecular weight is 555 g/mol. The molecule has 2 aliphatic heterocycles. The molecule has 3 heterocycles. The van der Waals surface area contributed by atoms with Crippen LogP contribution in [0.4, 0.5) is 23.5 Å². The van der Waals surface area contributed by atoms with Gasteiger partial charge in [0, 0.05) is 26.1 Å². The third-order valence-electron chi connectivity index (χ3n) is 7.27. The topological polar surface area (TPSA) is 94.3 Å². The van der Waals surface area contributed by atoms with Gasteiger partial charge in [-0.1, -0.05) is 12.1 Å². The van der Waals surface area contributed by atoms with Gasteiger partial charge < -0.3 is 15.2 Å². The lowest BCUT2D eigenvalue weighted by Gasteiger charge is -2.32. The molecule has 1 aromatic heterocycles. The molecule has 0 aliphatic carbocycles. The van der Waals surface area contributed by atoms with Crippen molar-refractivity contribution in [2.45, 2.75) is 44.9 Å². The number of nitrogens with zero attached hydrogens (tertiary/aromatic N) is 5. The van der Waals surface area contributed by atoms with Crippen LogP contribution in [0.5, 0.6) is 0 Å². The molecule has 0 spiro atoms. The Kier molecular flexibility index (Phi) is 7.23. The van der Waals surface area contributed by atoms with Crippen LogP contribution in [0.1, 0.15) is 64.1 Å². The van der Waals surface area contributed by atoms with E-state index in [2.05, 4.69) is 5.32 Å². The van der Waals surface area contributed by atoms with E-state index in [9.17, 15) is 27.2 Å². The van der Waals surface area contributed by atoms with Crippen LogP contribution in [0.3, 0.4) is 0 Å². The minimum atomic E-state index is -4.44. The Morgan fingerprint density at radius 3 is 2.42 bits per heavy atom. The summed E-state index contributed by atoms with van der Waals surface area (Å²) in [7, 11) is 0. The summed E-state index contributed by atoms with van der Waals surface area (Å²) >= 11 is 0. The lowest BCUT2D eigenvalue weighted by molar-refractivity contribution is -0.137. The lowest BCUT2D eigenvalue weighted by atomic mass is 10.0. The minimum Gasteiger partial charge on any atom is -0.348 e. The van der Waals surface area contributed by atoms with Gasteiger partial charge in [-0.25, -0.2) is 9.37 Å². The Morgan fingerprint density at radius 2 is 1.80 bits per heavy atom. The van der Waals surface area contributed by atoms with Crippen LogP contribution in [-0.4, -0.2) is 40.1 Å². The first-order valence-electron chi connectivity index (χ1n) is 12.9. The van der Waals surface area contributed by atoms with Crippen LogP contribution in [0.2, 0.25) is 0 Å². The lowest BCUT2D eigenvalue weighted by Crippen LogP contribution is -2.47. The number of alkyl halides is 3. The summed E-state index contributed by atoms with van der Waals surface area (Å²) in [6.45, 7) is 3.15. The summed E-state index contributed by atoms with van der Waals surface area (Å²) in [6, 6.07) is 9.83. The van der Waals surface area contributed by atoms with E-state index in [-0.39, 0.29) is 42.1 Å². The molecule has 208 valence electrons. The van der Waals surface area contributed by atoms with Crippen molar-refractivity contribution in [3.8, 4) is 6.07 Å². The Morgan fingerprint density at radius 1 is 1.10 bits per heavy atom. The van der Waals surface area contributed by atoms with Gasteiger partial charge >= 0.3 is 6.18 Å². The van der Waals surface area contributed by atoms with Crippen molar-refractivity contribution in [1.29, 1.82) is 5.26 Å². The summed E-state index contributed by atoms with van der Waals surface area (Å²) in [5.41, 5.74) is 0.241. The van der Waals surface area contributed by atoms with Gasteiger partial charge in [-0.2, -0.15) is 23.1 Å². The molecular formula is C28H26F4N6O2. The zero-order valence-corrected chi connectivity index (χ0v) is 21.6. The maximum atomic E-state index is 14.5. The Bertz CT molecular complexity index is 1540. The van der Waals surface area contributed by atoms with E-state index in [4.69, 9.17) is 10.2 Å². The van der Waals surface area contributed by atoms with E-state index in [0.29, 0.717) is 29.9 Å². The van der Waals surface area contributed by atoms with Gasteiger partial charge in [0.25, 0.3) is 11.5 Å². The number of hydrogen-bond acceptors (Lipinski definition) is 6. The predicted octanol–water partition coefficient (Wildman–Crippen LogP) is 4.38. The number of carbonyl (C=O) groups is 1. The number of carbonyl (C=O) groups excluding carboxylic acids is 1. The highest BCUT2D eigenvalue weighted by molar-refractivity contribution is 5.94.